The number of aryl methyl sites for hydroxylation is 1. The molecule has 0 spiro atoms. The minimum atomic E-state index is -1.07. The minimum absolute atomic E-state index is 0.00696. The summed E-state index contributed by atoms with van der Waals surface area (Å²) in [6, 6.07) is 19.7. The number of nitriles is 1. The van der Waals surface area contributed by atoms with Gasteiger partial charge in [0.1, 0.15) is 24.5 Å². The number of aliphatic hydroxyl groups excluding tert-OH is 1. The molecule has 5 atom stereocenters. The SMILES string of the molecule is C=C(F)C(=O)N1CCN(c2nc(OCC3CCCN3CCC(=O)NCCOCCOCCC(=O)NC(C(=O)N3CC(O)CC3C(=O)NCc3ccc(-c4scnc4C)cc3)C(C)(C)C)nc3c2CCN(c2cccc4cccc(Cl)c24)C3)CC1CC#N. The zero-order valence-corrected chi connectivity index (χ0v) is 51.5. The Morgan fingerprint density at radius 2 is 1.68 bits per heavy atom. The average Bonchev–Trinajstić information content (AvgIpc) is 1.94. The van der Waals surface area contributed by atoms with Crippen LogP contribution in [-0.4, -0.2) is 180 Å². The highest BCUT2D eigenvalue weighted by Crippen LogP contribution is 2.38. The number of amides is 5. The van der Waals surface area contributed by atoms with E-state index >= 15 is 0 Å². The van der Waals surface area contributed by atoms with E-state index in [0.29, 0.717) is 50.0 Å². The number of rotatable bonds is 25. The number of benzene rings is 3. The molecule has 0 radical (unpaired) electrons. The molecule has 5 unspecified atom stereocenters. The largest absolute Gasteiger partial charge is 0.462 e. The highest BCUT2D eigenvalue weighted by Gasteiger charge is 2.45. The summed E-state index contributed by atoms with van der Waals surface area (Å²) in [7, 11) is 0. The van der Waals surface area contributed by atoms with Crippen LogP contribution in [0.3, 0.4) is 0 Å². The maximum absolute atomic E-state index is 14.1. The fourth-order valence-electron chi connectivity index (χ4n) is 11.9. The van der Waals surface area contributed by atoms with Crippen LogP contribution in [0.1, 0.15) is 81.8 Å². The molecule has 3 saturated heterocycles. The second-order valence-corrected chi connectivity index (χ2v) is 24.8. The summed E-state index contributed by atoms with van der Waals surface area (Å²) >= 11 is 8.35. The van der Waals surface area contributed by atoms with Crippen LogP contribution in [0.15, 0.2) is 78.6 Å². The van der Waals surface area contributed by atoms with Crippen LogP contribution in [0.25, 0.3) is 21.2 Å². The lowest BCUT2D eigenvalue weighted by atomic mass is 9.85. The molecule has 4 N–H and O–H groups in total. The highest BCUT2D eigenvalue weighted by molar-refractivity contribution is 7.13. The molecule has 0 aliphatic carbocycles. The number of likely N-dealkylation sites (tertiary alicyclic amines) is 2. The molecular weight excluding hydrogens is 1160 g/mol. The van der Waals surface area contributed by atoms with Crippen LogP contribution in [0.2, 0.25) is 5.02 Å². The average molecular weight is 1230 g/mol. The third kappa shape index (κ3) is 16.3. The van der Waals surface area contributed by atoms with Crippen LogP contribution >= 0.6 is 22.9 Å². The maximum atomic E-state index is 14.1. The van der Waals surface area contributed by atoms with E-state index in [0.717, 1.165) is 68.8 Å². The topological polar surface area (TPSA) is 248 Å². The normalized spacial score (nSPS) is 19.1. The molecule has 0 bridgehead atoms. The lowest BCUT2D eigenvalue weighted by Crippen LogP contribution is -2.57. The predicted molar refractivity (Wildman–Crippen MR) is 330 cm³/mol. The second kappa shape index (κ2) is 29.6. The predicted octanol–water partition coefficient (Wildman–Crippen LogP) is 6.27. The number of thiazole rings is 1. The molecule has 24 heteroatoms. The van der Waals surface area contributed by atoms with E-state index in [2.05, 4.69) is 49.4 Å². The minimum Gasteiger partial charge on any atom is -0.462 e. The third-order valence-electron chi connectivity index (χ3n) is 16.5. The Balaban J connectivity index is 0.694. The lowest BCUT2D eigenvalue weighted by Gasteiger charge is -2.42. The number of β-amino-alcohol motifs (C(OH)–C–C–N with tert-alkyl or cyclic N) is 1. The second-order valence-electron chi connectivity index (χ2n) is 23.6. The van der Waals surface area contributed by atoms with Crippen molar-refractivity contribution in [3.8, 4) is 22.5 Å². The number of fused-ring (bicyclic) bond motifs is 2. The first-order valence-corrected chi connectivity index (χ1v) is 31.1. The number of carbonyl (C=O) groups is 5. The first-order chi connectivity index (χ1) is 41.9. The van der Waals surface area contributed by atoms with Gasteiger partial charge in [-0.2, -0.15) is 15.2 Å². The van der Waals surface area contributed by atoms with Crippen molar-refractivity contribution in [3.05, 3.63) is 106 Å². The summed E-state index contributed by atoms with van der Waals surface area (Å²) in [6.07, 6.45) is 1.84. The first kappa shape index (κ1) is 64.2. The molecule has 21 nitrogen and oxygen atoms in total. The van der Waals surface area contributed by atoms with Crippen molar-refractivity contribution < 1.29 is 47.7 Å². The van der Waals surface area contributed by atoms with Crippen molar-refractivity contribution in [2.45, 2.75) is 116 Å². The number of piperazine rings is 1. The van der Waals surface area contributed by atoms with E-state index in [-0.39, 0.29) is 109 Å². The number of anilines is 2. The smallest absolute Gasteiger partial charge is 0.318 e. The molecule has 5 amide bonds. The Kier molecular flexibility index (Phi) is 21.8. The van der Waals surface area contributed by atoms with Gasteiger partial charge < -0.3 is 54.9 Å². The lowest BCUT2D eigenvalue weighted by molar-refractivity contribution is -0.144. The summed E-state index contributed by atoms with van der Waals surface area (Å²) in [4.78, 5) is 91.3. The van der Waals surface area contributed by atoms with Gasteiger partial charge in [-0.1, -0.05) is 87.5 Å². The number of hydrogen-bond donors (Lipinski definition) is 4. The number of hydrogen-bond acceptors (Lipinski definition) is 17. The Labute approximate surface area is 516 Å². The van der Waals surface area contributed by atoms with Gasteiger partial charge in [0.2, 0.25) is 23.6 Å². The van der Waals surface area contributed by atoms with E-state index < -0.39 is 53.2 Å². The molecule has 0 saturated carbocycles. The van der Waals surface area contributed by atoms with Crippen molar-refractivity contribution >= 4 is 74.8 Å². The van der Waals surface area contributed by atoms with Crippen molar-refractivity contribution in [3.63, 3.8) is 0 Å². The highest BCUT2D eigenvalue weighted by atomic mass is 35.5. The molecule has 87 heavy (non-hydrogen) atoms. The molecular formula is C63H78ClFN12O9S. The van der Waals surface area contributed by atoms with Gasteiger partial charge in [-0.15, -0.1) is 11.3 Å². The van der Waals surface area contributed by atoms with Crippen LogP contribution in [0.4, 0.5) is 15.9 Å². The van der Waals surface area contributed by atoms with Crippen molar-refractivity contribution in [2.24, 2.45) is 5.41 Å². The van der Waals surface area contributed by atoms with E-state index in [1.807, 2.05) is 87.2 Å². The third-order valence-corrected chi connectivity index (χ3v) is 17.7. The van der Waals surface area contributed by atoms with Gasteiger partial charge in [-0.25, -0.2) is 9.37 Å². The molecule has 4 aliphatic rings. The molecule has 6 heterocycles. The van der Waals surface area contributed by atoms with Gasteiger partial charge in [0.15, 0.2) is 5.83 Å². The summed E-state index contributed by atoms with van der Waals surface area (Å²) in [5.74, 6) is -2.57. The number of nitrogens with zero attached hydrogens (tertiary/aromatic N) is 9. The number of carbonyl (C=O) groups excluding carboxylic acids is 5. The van der Waals surface area contributed by atoms with Crippen molar-refractivity contribution in [1.82, 2.24) is 45.6 Å². The summed E-state index contributed by atoms with van der Waals surface area (Å²) in [5, 5.41) is 31.7. The molecule has 9 rings (SSSR count). The number of aromatic nitrogens is 3. The summed E-state index contributed by atoms with van der Waals surface area (Å²) < 4.78 is 31.9. The number of halogens is 2. The maximum Gasteiger partial charge on any atom is 0.318 e. The van der Waals surface area contributed by atoms with E-state index in [1.54, 1.807) is 16.8 Å². The van der Waals surface area contributed by atoms with Gasteiger partial charge in [0.25, 0.3) is 5.91 Å². The molecule has 4 aliphatic heterocycles. The van der Waals surface area contributed by atoms with Gasteiger partial charge in [-0.3, -0.25) is 28.9 Å². The standard InChI is InChI=1S/C63H78ClFN12O9S/c1-40(65)60(82)76-28-27-75(35-45(76)18-22-66)58-48-19-25-74(51-13-7-10-43-9-6-12-49(64)55(43)51)37-50(48)70-62(72-58)86-38-46-11-8-24-73(46)26-20-53(79)67-23-30-85-32-31-84-29-21-54(80)71-57(63(3,4)5)61(83)77-36-47(78)33-52(77)59(81)68-34-42-14-16-44(17-15-42)56-41(2)69-39-87-56/h6-7,9-10,12-17,39,45-47,52,57,78H,1,8,11,18-21,23-38H2,2-5H3,(H,67,79)(H,68,81)(H,71,80). The van der Waals surface area contributed by atoms with Crippen LogP contribution in [0.5, 0.6) is 6.01 Å². The number of nitrogens with one attached hydrogen (secondary N) is 3. The quantitative estimate of drug-likeness (QED) is 0.0371. The summed E-state index contributed by atoms with van der Waals surface area (Å²) in [5.41, 5.74) is 6.68. The number of ether oxygens (including phenoxy) is 3. The van der Waals surface area contributed by atoms with Crippen molar-refractivity contribution in [1.29, 1.82) is 5.26 Å². The van der Waals surface area contributed by atoms with Gasteiger partial charge in [0, 0.05) is 94.3 Å². The number of aliphatic hydroxyl groups is 1. The van der Waals surface area contributed by atoms with Crippen LogP contribution in [-0.2, 0) is 53.0 Å². The fraction of sp³-hybridized carbons (Fsp3) is 0.508. The Morgan fingerprint density at radius 3 is 2.41 bits per heavy atom. The summed E-state index contributed by atoms with van der Waals surface area (Å²) in [6.45, 7) is 15.5. The molecule has 2 aromatic heterocycles. The Morgan fingerprint density at radius 1 is 0.908 bits per heavy atom. The molecule has 3 fully saturated rings. The van der Waals surface area contributed by atoms with E-state index in [9.17, 15) is 38.7 Å². The molecule has 464 valence electrons. The zero-order valence-electron chi connectivity index (χ0n) is 49.9. The van der Waals surface area contributed by atoms with Gasteiger partial charge in [0.05, 0.1) is 84.4 Å². The Hall–Kier alpha value is -7.33. The van der Waals surface area contributed by atoms with Gasteiger partial charge in [-0.05, 0) is 66.8 Å². The Bertz CT molecular complexity index is 3320. The monoisotopic (exact) mass is 1230 g/mol. The van der Waals surface area contributed by atoms with E-state index in [1.165, 1.54) is 9.80 Å². The van der Waals surface area contributed by atoms with Gasteiger partial charge >= 0.3 is 6.01 Å². The van der Waals surface area contributed by atoms with Crippen LogP contribution in [0, 0.1) is 23.7 Å². The van der Waals surface area contributed by atoms with Crippen molar-refractivity contribution in [2.75, 3.05) is 95.2 Å². The first-order valence-electron chi connectivity index (χ1n) is 29.8. The van der Waals surface area contributed by atoms with E-state index in [4.69, 9.17) is 35.8 Å². The zero-order chi connectivity index (χ0) is 61.8. The van der Waals surface area contributed by atoms with Crippen LogP contribution < -0.4 is 30.5 Å². The molecule has 3 aromatic carbocycles. The molecule has 5 aromatic rings. The fourth-order valence-corrected chi connectivity index (χ4v) is 12.9.